The third kappa shape index (κ3) is 3.49. The van der Waals surface area contributed by atoms with Crippen molar-refractivity contribution in [1.29, 1.82) is 0 Å². The van der Waals surface area contributed by atoms with Gasteiger partial charge in [0, 0.05) is 13.1 Å². The van der Waals surface area contributed by atoms with Crippen molar-refractivity contribution in [3.05, 3.63) is 0 Å². The van der Waals surface area contributed by atoms with Crippen LogP contribution in [0, 0.1) is 11.8 Å². The highest BCUT2D eigenvalue weighted by Crippen LogP contribution is 2.34. The van der Waals surface area contributed by atoms with Crippen molar-refractivity contribution in [2.75, 3.05) is 7.05 Å². The zero-order valence-electron chi connectivity index (χ0n) is 10.4. The quantitative estimate of drug-likeness (QED) is 0.752. The van der Waals surface area contributed by atoms with Gasteiger partial charge in [0.05, 0.1) is 6.04 Å². The summed E-state index contributed by atoms with van der Waals surface area (Å²) in [7, 11) is 1.88. The molecule has 15 heavy (non-hydrogen) atoms. The second kappa shape index (κ2) is 4.97. The predicted octanol–water partition coefficient (Wildman–Crippen LogP) is 1.62. The molecule has 0 spiro atoms. The second-order valence-corrected chi connectivity index (χ2v) is 5.26. The van der Waals surface area contributed by atoms with Gasteiger partial charge in [0.2, 0.25) is 5.91 Å². The van der Waals surface area contributed by atoms with Crippen molar-refractivity contribution in [1.82, 2.24) is 4.90 Å². The Balaban J connectivity index is 2.43. The Hall–Kier alpha value is -0.570. The first-order chi connectivity index (χ1) is 6.93. The van der Waals surface area contributed by atoms with Crippen molar-refractivity contribution in [2.24, 2.45) is 17.6 Å². The molecule has 3 heteroatoms. The van der Waals surface area contributed by atoms with Gasteiger partial charge in [-0.2, -0.15) is 0 Å². The number of rotatable bonds is 5. The molecule has 1 amide bonds. The monoisotopic (exact) mass is 212 g/mol. The van der Waals surface area contributed by atoms with E-state index in [-0.39, 0.29) is 11.9 Å². The molecule has 0 heterocycles. The molecule has 2 atom stereocenters. The van der Waals surface area contributed by atoms with Gasteiger partial charge in [-0.25, -0.2) is 0 Å². The Morgan fingerprint density at radius 1 is 1.40 bits per heavy atom. The van der Waals surface area contributed by atoms with Gasteiger partial charge in [-0.05, 0) is 38.0 Å². The van der Waals surface area contributed by atoms with Crippen LogP contribution in [0.15, 0.2) is 0 Å². The molecular formula is C12H24N2O. The van der Waals surface area contributed by atoms with E-state index in [0.29, 0.717) is 17.9 Å². The number of likely N-dealkylation sites (N-methyl/N-ethyl adjacent to an activating group) is 1. The molecule has 1 saturated carbocycles. The molecule has 0 aromatic rings. The largest absolute Gasteiger partial charge is 0.341 e. The van der Waals surface area contributed by atoms with E-state index < -0.39 is 0 Å². The molecule has 1 rings (SSSR count). The highest BCUT2D eigenvalue weighted by molar-refractivity contribution is 5.81. The van der Waals surface area contributed by atoms with Crippen LogP contribution in [0.5, 0.6) is 0 Å². The summed E-state index contributed by atoms with van der Waals surface area (Å²) in [6, 6.07) is 0.0342. The van der Waals surface area contributed by atoms with Gasteiger partial charge in [-0.1, -0.05) is 13.8 Å². The second-order valence-electron chi connectivity index (χ2n) is 5.26. The van der Waals surface area contributed by atoms with Gasteiger partial charge in [-0.3, -0.25) is 4.79 Å². The maximum absolute atomic E-state index is 12.0. The summed E-state index contributed by atoms with van der Waals surface area (Å²) in [5.74, 6) is 1.29. The average molecular weight is 212 g/mol. The number of hydrogen-bond acceptors (Lipinski definition) is 2. The molecule has 0 aliphatic heterocycles. The predicted molar refractivity (Wildman–Crippen MR) is 62.4 cm³/mol. The molecule has 2 N–H and O–H groups in total. The van der Waals surface area contributed by atoms with Gasteiger partial charge >= 0.3 is 0 Å². The number of carbonyl (C=O) groups is 1. The smallest absolute Gasteiger partial charge is 0.239 e. The maximum Gasteiger partial charge on any atom is 0.239 e. The molecule has 0 aromatic carbocycles. The molecule has 0 radical (unpaired) electrons. The summed E-state index contributed by atoms with van der Waals surface area (Å²) in [6.45, 7) is 6.31. The van der Waals surface area contributed by atoms with E-state index in [2.05, 4.69) is 20.8 Å². The lowest BCUT2D eigenvalue weighted by Crippen LogP contribution is -2.46. The number of nitrogens with zero attached hydrogens (tertiary/aromatic N) is 1. The van der Waals surface area contributed by atoms with Gasteiger partial charge in [0.25, 0.3) is 0 Å². The van der Waals surface area contributed by atoms with E-state index in [9.17, 15) is 4.79 Å². The van der Waals surface area contributed by atoms with Gasteiger partial charge < -0.3 is 10.6 Å². The highest BCUT2D eigenvalue weighted by atomic mass is 16.2. The van der Waals surface area contributed by atoms with Crippen LogP contribution in [-0.4, -0.2) is 29.9 Å². The van der Waals surface area contributed by atoms with Crippen LogP contribution in [0.25, 0.3) is 0 Å². The van der Waals surface area contributed by atoms with Crippen molar-refractivity contribution >= 4 is 5.91 Å². The van der Waals surface area contributed by atoms with E-state index in [1.165, 1.54) is 12.8 Å². The summed E-state index contributed by atoms with van der Waals surface area (Å²) in [6.07, 6.45) is 3.30. The lowest BCUT2D eigenvalue weighted by molar-refractivity contribution is -0.133. The topological polar surface area (TPSA) is 46.3 Å². The third-order valence-corrected chi connectivity index (χ3v) is 3.31. The fourth-order valence-corrected chi connectivity index (χ4v) is 1.97. The molecule has 88 valence electrons. The Kier molecular flexibility index (Phi) is 4.14. The Morgan fingerprint density at radius 2 is 1.93 bits per heavy atom. The first kappa shape index (κ1) is 12.5. The van der Waals surface area contributed by atoms with E-state index in [4.69, 9.17) is 5.73 Å². The summed E-state index contributed by atoms with van der Waals surface area (Å²) in [5.41, 5.74) is 5.89. The van der Waals surface area contributed by atoms with E-state index in [1.54, 1.807) is 0 Å². The molecule has 1 unspecified atom stereocenters. The summed E-state index contributed by atoms with van der Waals surface area (Å²) in [4.78, 5) is 13.8. The van der Waals surface area contributed by atoms with Crippen LogP contribution in [0.3, 0.4) is 0 Å². The molecule has 0 bridgehead atoms. The van der Waals surface area contributed by atoms with Crippen LogP contribution in [0.2, 0.25) is 0 Å². The first-order valence-corrected chi connectivity index (χ1v) is 5.95. The maximum atomic E-state index is 12.0. The molecule has 3 nitrogen and oxygen atoms in total. The van der Waals surface area contributed by atoms with E-state index in [1.807, 2.05) is 11.9 Å². The summed E-state index contributed by atoms with van der Waals surface area (Å²) in [5, 5.41) is 0. The molecule has 1 fully saturated rings. The zero-order valence-corrected chi connectivity index (χ0v) is 10.4. The standard InChI is InChI=1S/C12H24N2O/c1-8(2)7-11(13)12(15)14(4)9(3)10-5-6-10/h8-11H,5-7,13H2,1-4H3/t9?,11-/m1/s1. The Bertz CT molecular complexity index is 224. The van der Waals surface area contributed by atoms with Crippen molar-refractivity contribution in [3.8, 4) is 0 Å². The molecule has 1 aliphatic carbocycles. The molecule has 1 aliphatic rings. The number of nitrogens with two attached hydrogens (primary N) is 1. The van der Waals surface area contributed by atoms with E-state index >= 15 is 0 Å². The number of carbonyl (C=O) groups excluding carboxylic acids is 1. The first-order valence-electron chi connectivity index (χ1n) is 5.95. The van der Waals surface area contributed by atoms with Crippen LogP contribution in [0.1, 0.15) is 40.0 Å². The van der Waals surface area contributed by atoms with Crippen molar-refractivity contribution in [3.63, 3.8) is 0 Å². The SMILES string of the molecule is CC(C)C[C@@H](N)C(=O)N(C)C(C)C1CC1. The highest BCUT2D eigenvalue weighted by Gasteiger charge is 2.33. The Labute approximate surface area is 93.0 Å². The summed E-state index contributed by atoms with van der Waals surface area (Å²) < 4.78 is 0. The summed E-state index contributed by atoms with van der Waals surface area (Å²) >= 11 is 0. The average Bonchev–Trinajstić information content (AvgIpc) is 2.96. The minimum Gasteiger partial charge on any atom is -0.341 e. The third-order valence-electron chi connectivity index (χ3n) is 3.31. The molecule has 0 saturated heterocycles. The van der Waals surface area contributed by atoms with Crippen LogP contribution < -0.4 is 5.73 Å². The zero-order chi connectivity index (χ0) is 11.6. The van der Waals surface area contributed by atoms with Gasteiger partial charge in [0.1, 0.15) is 0 Å². The lowest BCUT2D eigenvalue weighted by Gasteiger charge is -2.28. The normalized spacial score (nSPS) is 20.1. The minimum atomic E-state index is -0.323. The van der Waals surface area contributed by atoms with Crippen molar-refractivity contribution < 1.29 is 4.79 Å². The van der Waals surface area contributed by atoms with Crippen LogP contribution in [0.4, 0.5) is 0 Å². The van der Waals surface area contributed by atoms with Crippen LogP contribution >= 0.6 is 0 Å². The molecular weight excluding hydrogens is 188 g/mol. The fraction of sp³-hybridized carbons (Fsp3) is 0.917. The van der Waals surface area contributed by atoms with E-state index in [0.717, 1.165) is 6.42 Å². The van der Waals surface area contributed by atoms with Crippen molar-refractivity contribution in [2.45, 2.75) is 52.1 Å². The van der Waals surface area contributed by atoms with Crippen LogP contribution in [-0.2, 0) is 4.79 Å². The minimum absolute atomic E-state index is 0.100. The van der Waals surface area contributed by atoms with Gasteiger partial charge in [0.15, 0.2) is 0 Å². The van der Waals surface area contributed by atoms with Gasteiger partial charge in [-0.15, -0.1) is 0 Å². The molecule has 0 aromatic heterocycles. The lowest BCUT2D eigenvalue weighted by atomic mass is 10.0. The fourth-order valence-electron chi connectivity index (χ4n) is 1.97. The number of amides is 1. The number of hydrogen-bond donors (Lipinski definition) is 1. The Morgan fingerprint density at radius 3 is 2.33 bits per heavy atom.